The molecule has 0 spiro atoms. The SMILES string of the molecule is CCC1CC(O)(c2ccc(Cl)cc2)c2ccccc2O1.CNC. The highest BCUT2D eigenvalue weighted by molar-refractivity contribution is 6.30. The van der Waals surface area contributed by atoms with Crippen molar-refractivity contribution < 1.29 is 9.84 Å². The predicted octanol–water partition coefficient (Wildman–Crippen LogP) is 3.97. The van der Waals surface area contributed by atoms with E-state index in [1.54, 1.807) is 0 Å². The van der Waals surface area contributed by atoms with Crippen molar-refractivity contribution in [2.45, 2.75) is 31.5 Å². The third-order valence-electron chi connectivity index (χ3n) is 3.93. The third-order valence-corrected chi connectivity index (χ3v) is 4.18. The first-order valence-corrected chi connectivity index (χ1v) is 8.26. The van der Waals surface area contributed by atoms with E-state index in [4.69, 9.17) is 16.3 Å². The quantitative estimate of drug-likeness (QED) is 0.873. The zero-order valence-electron chi connectivity index (χ0n) is 13.8. The Morgan fingerprint density at radius 3 is 2.39 bits per heavy atom. The molecule has 2 unspecified atom stereocenters. The Morgan fingerprint density at radius 1 is 1.17 bits per heavy atom. The number of nitrogens with one attached hydrogen (secondary N) is 1. The highest BCUT2D eigenvalue weighted by Gasteiger charge is 2.40. The minimum Gasteiger partial charge on any atom is -0.490 e. The molecule has 23 heavy (non-hydrogen) atoms. The molecule has 0 saturated carbocycles. The summed E-state index contributed by atoms with van der Waals surface area (Å²) in [4.78, 5) is 0. The molecule has 1 aliphatic rings. The van der Waals surface area contributed by atoms with Crippen molar-refractivity contribution in [1.82, 2.24) is 5.32 Å². The number of halogens is 1. The number of benzene rings is 2. The summed E-state index contributed by atoms with van der Waals surface area (Å²) in [5.74, 6) is 0.767. The van der Waals surface area contributed by atoms with Crippen LogP contribution in [0, 0.1) is 0 Å². The van der Waals surface area contributed by atoms with E-state index in [2.05, 4.69) is 12.2 Å². The molecule has 1 aliphatic heterocycles. The summed E-state index contributed by atoms with van der Waals surface area (Å²) in [6.07, 6.45) is 1.44. The standard InChI is InChI=1S/C17H17ClO2.C2H7N/c1-2-14-11-17(19,12-7-9-13(18)10-8-12)15-5-3-4-6-16(15)20-14;1-3-2/h3-10,14,19H,2,11H2,1H3;3H,1-2H3. The van der Waals surface area contributed by atoms with Crippen molar-refractivity contribution in [3.05, 3.63) is 64.7 Å². The maximum absolute atomic E-state index is 11.3. The molecule has 2 atom stereocenters. The number of rotatable bonds is 2. The monoisotopic (exact) mass is 333 g/mol. The van der Waals surface area contributed by atoms with Gasteiger partial charge >= 0.3 is 0 Å². The number of aliphatic hydroxyl groups is 1. The smallest absolute Gasteiger partial charge is 0.126 e. The van der Waals surface area contributed by atoms with Crippen LogP contribution in [0.25, 0.3) is 0 Å². The number of para-hydroxylation sites is 1. The lowest BCUT2D eigenvalue weighted by molar-refractivity contribution is 0.000480. The normalized spacial score (nSPS) is 22.4. The summed E-state index contributed by atoms with van der Waals surface area (Å²) in [6.45, 7) is 2.07. The van der Waals surface area contributed by atoms with Crippen molar-refractivity contribution >= 4 is 11.6 Å². The summed E-state index contributed by atoms with van der Waals surface area (Å²) in [6, 6.07) is 15.1. The number of fused-ring (bicyclic) bond motifs is 1. The van der Waals surface area contributed by atoms with E-state index in [0.29, 0.717) is 11.4 Å². The molecule has 0 saturated heterocycles. The van der Waals surface area contributed by atoms with Gasteiger partial charge in [0.2, 0.25) is 0 Å². The van der Waals surface area contributed by atoms with Gasteiger partial charge in [-0.25, -0.2) is 0 Å². The van der Waals surface area contributed by atoms with Crippen molar-refractivity contribution in [3.63, 3.8) is 0 Å². The van der Waals surface area contributed by atoms with Crippen LogP contribution in [0.4, 0.5) is 0 Å². The van der Waals surface area contributed by atoms with Crippen LogP contribution in [0.15, 0.2) is 48.5 Å². The first-order chi connectivity index (χ1) is 11.0. The summed E-state index contributed by atoms with van der Waals surface area (Å²) in [5.41, 5.74) is 0.670. The van der Waals surface area contributed by atoms with Gasteiger partial charge in [0.05, 0.1) is 0 Å². The van der Waals surface area contributed by atoms with Crippen LogP contribution in [-0.4, -0.2) is 25.3 Å². The lowest BCUT2D eigenvalue weighted by Crippen LogP contribution is -2.39. The number of ether oxygens (including phenoxy) is 1. The summed E-state index contributed by atoms with van der Waals surface area (Å²) in [7, 11) is 3.75. The molecule has 0 radical (unpaired) electrons. The molecule has 1 heterocycles. The van der Waals surface area contributed by atoms with Crippen LogP contribution >= 0.6 is 11.6 Å². The summed E-state index contributed by atoms with van der Waals surface area (Å²) < 4.78 is 5.94. The van der Waals surface area contributed by atoms with E-state index in [9.17, 15) is 5.11 Å². The molecule has 0 amide bonds. The zero-order chi connectivity index (χ0) is 16.9. The molecular formula is C19H24ClNO2. The number of hydrogen-bond acceptors (Lipinski definition) is 3. The number of hydrogen-bond donors (Lipinski definition) is 2. The second kappa shape index (κ2) is 7.82. The predicted molar refractivity (Wildman–Crippen MR) is 95.2 cm³/mol. The molecule has 124 valence electrons. The summed E-state index contributed by atoms with van der Waals surface area (Å²) >= 11 is 5.95. The van der Waals surface area contributed by atoms with Gasteiger partial charge in [-0.2, -0.15) is 0 Å². The van der Waals surface area contributed by atoms with Gasteiger partial charge in [0.1, 0.15) is 17.5 Å². The fourth-order valence-electron chi connectivity index (χ4n) is 2.80. The van der Waals surface area contributed by atoms with E-state index in [-0.39, 0.29) is 6.10 Å². The van der Waals surface area contributed by atoms with Gasteiger partial charge in [-0.15, -0.1) is 0 Å². The fraction of sp³-hybridized carbons (Fsp3) is 0.368. The minimum atomic E-state index is -1.01. The second-order valence-corrected chi connectivity index (χ2v) is 6.15. The molecule has 4 heteroatoms. The average Bonchev–Trinajstić information content (AvgIpc) is 2.56. The van der Waals surface area contributed by atoms with Gasteiger partial charge in [-0.05, 0) is 44.3 Å². The third kappa shape index (κ3) is 3.86. The molecule has 2 aromatic carbocycles. The van der Waals surface area contributed by atoms with Gasteiger partial charge in [0.25, 0.3) is 0 Å². The zero-order valence-corrected chi connectivity index (χ0v) is 14.6. The lowest BCUT2D eigenvalue weighted by atomic mass is 9.79. The van der Waals surface area contributed by atoms with Crippen LogP contribution < -0.4 is 10.1 Å². The Kier molecular flexibility index (Phi) is 6.05. The van der Waals surface area contributed by atoms with E-state index in [1.807, 2.05) is 62.6 Å². The van der Waals surface area contributed by atoms with Crippen LogP contribution in [0.1, 0.15) is 30.9 Å². The summed E-state index contributed by atoms with van der Waals surface area (Å²) in [5, 5.41) is 14.7. The van der Waals surface area contributed by atoms with Crippen molar-refractivity contribution in [2.24, 2.45) is 0 Å². The van der Waals surface area contributed by atoms with Crippen LogP contribution in [0.5, 0.6) is 5.75 Å². The highest BCUT2D eigenvalue weighted by Crippen LogP contribution is 2.44. The van der Waals surface area contributed by atoms with E-state index < -0.39 is 5.60 Å². The molecule has 3 nitrogen and oxygen atoms in total. The van der Waals surface area contributed by atoms with E-state index >= 15 is 0 Å². The molecular weight excluding hydrogens is 310 g/mol. The van der Waals surface area contributed by atoms with E-state index in [1.165, 1.54) is 0 Å². The first-order valence-electron chi connectivity index (χ1n) is 7.88. The van der Waals surface area contributed by atoms with Gasteiger partial charge in [-0.3, -0.25) is 0 Å². The fourth-order valence-corrected chi connectivity index (χ4v) is 2.92. The minimum absolute atomic E-state index is 0.0191. The maximum atomic E-state index is 11.3. The first kappa shape index (κ1) is 17.8. The molecule has 2 N–H and O–H groups in total. The molecule has 0 aliphatic carbocycles. The van der Waals surface area contributed by atoms with E-state index in [0.717, 1.165) is 23.3 Å². The van der Waals surface area contributed by atoms with Crippen molar-refractivity contribution in [1.29, 1.82) is 0 Å². The van der Waals surface area contributed by atoms with Gasteiger partial charge in [-0.1, -0.05) is 48.9 Å². The highest BCUT2D eigenvalue weighted by atomic mass is 35.5. The van der Waals surface area contributed by atoms with Crippen molar-refractivity contribution in [2.75, 3.05) is 14.1 Å². The second-order valence-electron chi connectivity index (χ2n) is 5.72. The average molecular weight is 334 g/mol. The van der Waals surface area contributed by atoms with Crippen LogP contribution in [0.2, 0.25) is 5.02 Å². The molecule has 2 aromatic rings. The van der Waals surface area contributed by atoms with Gasteiger partial charge in [0.15, 0.2) is 0 Å². The Hall–Kier alpha value is -1.55. The maximum Gasteiger partial charge on any atom is 0.126 e. The Bertz CT molecular complexity index is 630. The van der Waals surface area contributed by atoms with Crippen LogP contribution in [0.3, 0.4) is 0 Å². The van der Waals surface area contributed by atoms with Crippen molar-refractivity contribution in [3.8, 4) is 5.75 Å². The Balaban J connectivity index is 0.000000595. The van der Waals surface area contributed by atoms with Gasteiger partial charge in [0, 0.05) is 17.0 Å². The lowest BCUT2D eigenvalue weighted by Gasteiger charge is -2.39. The Morgan fingerprint density at radius 2 is 1.78 bits per heavy atom. The van der Waals surface area contributed by atoms with Gasteiger partial charge < -0.3 is 15.2 Å². The molecule has 0 fully saturated rings. The van der Waals surface area contributed by atoms with Crippen LogP contribution in [-0.2, 0) is 5.60 Å². The molecule has 0 aromatic heterocycles. The topological polar surface area (TPSA) is 41.5 Å². The largest absolute Gasteiger partial charge is 0.490 e. The molecule has 3 rings (SSSR count). The Labute approximate surface area is 143 Å². The molecule has 0 bridgehead atoms.